The molecule has 0 saturated heterocycles. The van der Waals surface area contributed by atoms with E-state index in [4.69, 9.17) is 11.6 Å². The van der Waals surface area contributed by atoms with Crippen molar-refractivity contribution in [1.29, 1.82) is 0 Å². The van der Waals surface area contributed by atoms with E-state index in [9.17, 15) is 0 Å². The predicted molar refractivity (Wildman–Crippen MR) is 84.4 cm³/mol. The van der Waals surface area contributed by atoms with E-state index in [1.807, 2.05) is 18.2 Å². The maximum atomic E-state index is 6.02. The first-order valence-electron chi connectivity index (χ1n) is 7.14. The highest BCUT2D eigenvalue weighted by molar-refractivity contribution is 7.22. The van der Waals surface area contributed by atoms with Crippen molar-refractivity contribution >= 4 is 38.3 Å². The Balaban J connectivity index is 1.72. The maximum absolute atomic E-state index is 6.02. The van der Waals surface area contributed by atoms with Gasteiger partial charge in [-0.2, -0.15) is 0 Å². The Morgan fingerprint density at radius 3 is 2.63 bits per heavy atom. The van der Waals surface area contributed by atoms with Gasteiger partial charge >= 0.3 is 0 Å². The van der Waals surface area contributed by atoms with Crippen molar-refractivity contribution < 1.29 is 0 Å². The van der Waals surface area contributed by atoms with Gasteiger partial charge in [-0.15, -0.1) is 0 Å². The van der Waals surface area contributed by atoms with Gasteiger partial charge in [-0.25, -0.2) is 4.98 Å². The van der Waals surface area contributed by atoms with E-state index >= 15 is 0 Å². The topological polar surface area (TPSA) is 24.9 Å². The molecule has 0 amide bonds. The molecule has 1 aromatic carbocycles. The smallest absolute Gasteiger partial charge is 0.184 e. The van der Waals surface area contributed by atoms with Gasteiger partial charge in [-0.05, 0) is 31.0 Å². The summed E-state index contributed by atoms with van der Waals surface area (Å²) >= 11 is 7.73. The van der Waals surface area contributed by atoms with Crippen LogP contribution in [0.5, 0.6) is 0 Å². The molecule has 0 unspecified atom stereocenters. The summed E-state index contributed by atoms with van der Waals surface area (Å²) < 4.78 is 1.17. The largest absolute Gasteiger partial charge is 0.359 e. The van der Waals surface area contributed by atoms with Crippen LogP contribution in [0.1, 0.15) is 44.9 Å². The highest BCUT2D eigenvalue weighted by Crippen LogP contribution is 2.30. The van der Waals surface area contributed by atoms with Crippen LogP contribution >= 0.6 is 22.9 Å². The lowest BCUT2D eigenvalue weighted by atomic mass is 9.97. The number of aromatic nitrogens is 1. The first-order chi connectivity index (χ1) is 9.31. The molecule has 1 aromatic heterocycles. The number of rotatable bonds is 2. The standard InChI is InChI=1S/C15H19ClN2S/c16-11-8-9-13-14(10-11)19-15(18-13)17-12-6-4-2-1-3-5-7-12/h8-10,12H,1-7H2,(H,17,18). The molecule has 102 valence electrons. The summed E-state index contributed by atoms with van der Waals surface area (Å²) in [7, 11) is 0. The van der Waals surface area contributed by atoms with E-state index in [0.717, 1.165) is 15.7 Å². The Morgan fingerprint density at radius 1 is 1.11 bits per heavy atom. The Hall–Kier alpha value is -0.800. The molecule has 0 atom stereocenters. The second kappa shape index (κ2) is 6.10. The molecule has 3 rings (SSSR count). The van der Waals surface area contributed by atoms with Gasteiger partial charge in [-0.3, -0.25) is 0 Å². The zero-order valence-electron chi connectivity index (χ0n) is 11.0. The molecule has 0 spiro atoms. The minimum atomic E-state index is 0.594. The summed E-state index contributed by atoms with van der Waals surface area (Å²) in [6.07, 6.45) is 9.41. The van der Waals surface area contributed by atoms with E-state index in [2.05, 4.69) is 10.3 Å². The Kier molecular flexibility index (Phi) is 4.24. The second-order valence-electron chi connectivity index (χ2n) is 5.32. The number of nitrogens with zero attached hydrogens (tertiary/aromatic N) is 1. The third-order valence-corrected chi connectivity index (χ3v) is 4.97. The van der Waals surface area contributed by atoms with Crippen LogP contribution in [0.25, 0.3) is 10.2 Å². The summed E-state index contributed by atoms with van der Waals surface area (Å²) in [5.41, 5.74) is 1.04. The lowest BCUT2D eigenvalue weighted by molar-refractivity contribution is 0.471. The number of halogens is 1. The average Bonchev–Trinajstić information content (AvgIpc) is 2.74. The van der Waals surface area contributed by atoms with Gasteiger partial charge in [0.15, 0.2) is 5.13 Å². The minimum Gasteiger partial charge on any atom is -0.359 e. The summed E-state index contributed by atoms with van der Waals surface area (Å²) in [4.78, 5) is 4.65. The van der Waals surface area contributed by atoms with Crippen molar-refractivity contribution in [2.24, 2.45) is 0 Å². The van der Waals surface area contributed by atoms with Gasteiger partial charge < -0.3 is 5.32 Å². The number of anilines is 1. The normalized spacial score (nSPS) is 18.2. The number of hydrogen-bond donors (Lipinski definition) is 1. The van der Waals surface area contributed by atoms with Crippen LogP contribution in [0.2, 0.25) is 5.02 Å². The fourth-order valence-electron chi connectivity index (χ4n) is 2.74. The van der Waals surface area contributed by atoms with Crippen molar-refractivity contribution in [3.05, 3.63) is 23.2 Å². The minimum absolute atomic E-state index is 0.594. The van der Waals surface area contributed by atoms with Crippen LogP contribution in [-0.2, 0) is 0 Å². The van der Waals surface area contributed by atoms with Crippen molar-refractivity contribution in [3.8, 4) is 0 Å². The van der Waals surface area contributed by atoms with E-state index in [0.29, 0.717) is 6.04 Å². The number of benzene rings is 1. The van der Waals surface area contributed by atoms with Crippen LogP contribution in [0.3, 0.4) is 0 Å². The van der Waals surface area contributed by atoms with Crippen molar-refractivity contribution in [3.63, 3.8) is 0 Å². The molecule has 1 aliphatic rings. The lowest BCUT2D eigenvalue weighted by Gasteiger charge is -2.20. The summed E-state index contributed by atoms with van der Waals surface area (Å²) in [5.74, 6) is 0. The van der Waals surface area contributed by atoms with Gasteiger partial charge in [0.2, 0.25) is 0 Å². The highest BCUT2D eigenvalue weighted by atomic mass is 35.5. The fourth-order valence-corrected chi connectivity index (χ4v) is 3.95. The first kappa shape index (κ1) is 13.2. The summed E-state index contributed by atoms with van der Waals surface area (Å²) in [6.45, 7) is 0. The highest BCUT2D eigenvalue weighted by Gasteiger charge is 2.13. The Morgan fingerprint density at radius 2 is 1.84 bits per heavy atom. The van der Waals surface area contributed by atoms with Gasteiger partial charge in [0.05, 0.1) is 10.2 Å². The van der Waals surface area contributed by atoms with Gasteiger partial charge in [0.25, 0.3) is 0 Å². The van der Waals surface area contributed by atoms with Crippen molar-refractivity contribution in [1.82, 2.24) is 4.98 Å². The van der Waals surface area contributed by atoms with E-state index < -0.39 is 0 Å². The zero-order chi connectivity index (χ0) is 13.1. The van der Waals surface area contributed by atoms with Gasteiger partial charge in [-0.1, -0.05) is 55.0 Å². The van der Waals surface area contributed by atoms with Crippen LogP contribution < -0.4 is 5.32 Å². The lowest BCUT2D eigenvalue weighted by Crippen LogP contribution is -2.20. The second-order valence-corrected chi connectivity index (χ2v) is 6.78. The van der Waals surface area contributed by atoms with Gasteiger partial charge in [0.1, 0.15) is 0 Å². The van der Waals surface area contributed by atoms with E-state index in [1.165, 1.54) is 49.6 Å². The molecule has 0 bridgehead atoms. The molecule has 1 fully saturated rings. The molecule has 2 nitrogen and oxygen atoms in total. The molecule has 2 aromatic rings. The molecule has 0 aliphatic heterocycles. The van der Waals surface area contributed by atoms with Crippen molar-refractivity contribution in [2.45, 2.75) is 51.0 Å². The quantitative estimate of drug-likeness (QED) is 0.794. The third kappa shape index (κ3) is 3.40. The molecule has 1 N–H and O–H groups in total. The van der Waals surface area contributed by atoms with Crippen LogP contribution in [0, 0.1) is 0 Å². The number of thiazole rings is 1. The molecular weight excluding hydrogens is 276 g/mol. The SMILES string of the molecule is Clc1ccc2nc(NC3CCCCCCC3)sc2c1. The average molecular weight is 295 g/mol. The van der Waals surface area contributed by atoms with E-state index in [-0.39, 0.29) is 0 Å². The number of fused-ring (bicyclic) bond motifs is 1. The monoisotopic (exact) mass is 294 g/mol. The maximum Gasteiger partial charge on any atom is 0.184 e. The Bertz CT molecular complexity index is 544. The summed E-state index contributed by atoms with van der Waals surface area (Å²) in [6, 6.07) is 6.50. The predicted octanol–water partition coefficient (Wildman–Crippen LogP) is 5.47. The molecule has 1 heterocycles. The van der Waals surface area contributed by atoms with Crippen LogP contribution in [0.4, 0.5) is 5.13 Å². The zero-order valence-corrected chi connectivity index (χ0v) is 12.6. The number of hydrogen-bond acceptors (Lipinski definition) is 3. The molecule has 0 radical (unpaired) electrons. The molecule has 4 heteroatoms. The molecular formula is C15H19ClN2S. The van der Waals surface area contributed by atoms with E-state index in [1.54, 1.807) is 11.3 Å². The van der Waals surface area contributed by atoms with Crippen molar-refractivity contribution in [2.75, 3.05) is 5.32 Å². The van der Waals surface area contributed by atoms with Crippen LogP contribution in [-0.4, -0.2) is 11.0 Å². The van der Waals surface area contributed by atoms with Crippen LogP contribution in [0.15, 0.2) is 18.2 Å². The molecule has 1 aliphatic carbocycles. The molecule has 1 saturated carbocycles. The fraction of sp³-hybridized carbons (Fsp3) is 0.533. The molecule has 19 heavy (non-hydrogen) atoms. The third-order valence-electron chi connectivity index (χ3n) is 3.78. The number of nitrogens with one attached hydrogen (secondary N) is 1. The van der Waals surface area contributed by atoms with Gasteiger partial charge in [0, 0.05) is 11.1 Å². The first-order valence-corrected chi connectivity index (χ1v) is 8.33. The Labute approximate surface area is 123 Å². The summed E-state index contributed by atoms with van der Waals surface area (Å²) in [5, 5.41) is 5.45.